The number of hydrogen-bond acceptors (Lipinski definition) is 3. The number of nitrogens with two attached hydrogens (primary N) is 1. The molecule has 1 heterocycles. The fourth-order valence-corrected chi connectivity index (χ4v) is 4.20. The van der Waals surface area contributed by atoms with Crippen LogP contribution < -0.4 is 10.5 Å². The lowest BCUT2D eigenvalue weighted by atomic mass is 10.0. The molecule has 0 saturated carbocycles. The maximum absolute atomic E-state index is 12.4. The fraction of sp³-hybridized carbons (Fsp3) is 0.538. The van der Waals surface area contributed by atoms with Crippen LogP contribution in [0.25, 0.3) is 0 Å². The Morgan fingerprint density at radius 2 is 2.10 bits per heavy atom. The van der Waals surface area contributed by atoms with Gasteiger partial charge < -0.3 is 5.73 Å². The average molecular weight is 352 g/mol. The lowest BCUT2D eigenvalue weighted by Crippen LogP contribution is -2.44. The van der Waals surface area contributed by atoms with Gasteiger partial charge in [0, 0.05) is 18.1 Å². The van der Waals surface area contributed by atoms with Crippen molar-refractivity contribution in [3.8, 4) is 0 Å². The lowest BCUT2D eigenvalue weighted by molar-refractivity contribution is 0.273. The lowest BCUT2D eigenvalue weighted by Gasteiger charge is -2.31. The SMILES string of the molecule is Cc1cc(Cl)c(NS(=O)(=O)N2CCCC(CN)C2)cc1Cl. The smallest absolute Gasteiger partial charge is 0.301 e. The maximum atomic E-state index is 12.4. The van der Waals surface area contributed by atoms with Crippen molar-refractivity contribution >= 4 is 39.1 Å². The van der Waals surface area contributed by atoms with Crippen LogP contribution >= 0.6 is 23.2 Å². The highest BCUT2D eigenvalue weighted by molar-refractivity contribution is 7.90. The first-order valence-electron chi connectivity index (χ1n) is 6.77. The number of halogens is 2. The number of anilines is 1. The van der Waals surface area contributed by atoms with Crippen LogP contribution in [0.5, 0.6) is 0 Å². The Balaban J connectivity index is 2.19. The van der Waals surface area contributed by atoms with E-state index in [1.165, 1.54) is 10.4 Å². The fourth-order valence-electron chi connectivity index (χ4n) is 2.37. The van der Waals surface area contributed by atoms with Gasteiger partial charge in [0.05, 0.1) is 10.7 Å². The highest BCUT2D eigenvalue weighted by Gasteiger charge is 2.28. The second kappa shape index (κ2) is 6.71. The first kappa shape index (κ1) is 16.8. The van der Waals surface area contributed by atoms with E-state index < -0.39 is 10.2 Å². The second-order valence-electron chi connectivity index (χ2n) is 5.29. The van der Waals surface area contributed by atoms with E-state index in [0.717, 1.165) is 18.4 Å². The minimum absolute atomic E-state index is 0.201. The summed E-state index contributed by atoms with van der Waals surface area (Å²) in [5, 5.41) is 0.795. The molecular weight excluding hydrogens is 333 g/mol. The molecule has 1 fully saturated rings. The summed E-state index contributed by atoms with van der Waals surface area (Å²) in [6.45, 7) is 3.22. The van der Waals surface area contributed by atoms with Gasteiger partial charge in [-0.1, -0.05) is 23.2 Å². The third-order valence-corrected chi connectivity index (χ3v) is 5.85. The van der Waals surface area contributed by atoms with Crippen molar-refractivity contribution in [1.82, 2.24) is 4.31 Å². The number of nitrogens with zero attached hydrogens (tertiary/aromatic N) is 1. The second-order valence-corrected chi connectivity index (χ2v) is 7.78. The molecule has 1 aliphatic rings. The molecule has 0 aliphatic carbocycles. The average Bonchev–Trinajstić information content (AvgIpc) is 2.44. The minimum Gasteiger partial charge on any atom is -0.330 e. The first-order valence-corrected chi connectivity index (χ1v) is 8.96. The molecule has 1 unspecified atom stereocenters. The van der Waals surface area contributed by atoms with Crippen LogP contribution in [-0.4, -0.2) is 32.4 Å². The van der Waals surface area contributed by atoms with Crippen molar-refractivity contribution in [2.24, 2.45) is 11.7 Å². The molecule has 5 nitrogen and oxygen atoms in total. The van der Waals surface area contributed by atoms with Gasteiger partial charge in [-0.25, -0.2) is 0 Å². The number of benzene rings is 1. The summed E-state index contributed by atoms with van der Waals surface area (Å²) < 4.78 is 28.8. The Bertz CT molecular complexity index is 622. The summed E-state index contributed by atoms with van der Waals surface area (Å²) in [7, 11) is -3.65. The zero-order valence-electron chi connectivity index (χ0n) is 11.8. The predicted octanol–water partition coefficient (Wildman–Crippen LogP) is 2.63. The van der Waals surface area contributed by atoms with Gasteiger partial charge in [-0.2, -0.15) is 12.7 Å². The molecule has 1 aromatic rings. The molecule has 1 atom stereocenters. The number of hydrogen-bond donors (Lipinski definition) is 2. The Labute approximate surface area is 135 Å². The Kier molecular flexibility index (Phi) is 5.38. The zero-order valence-corrected chi connectivity index (χ0v) is 14.1. The molecule has 0 aromatic heterocycles. The molecule has 8 heteroatoms. The molecule has 1 aromatic carbocycles. The van der Waals surface area contributed by atoms with E-state index in [9.17, 15) is 8.42 Å². The van der Waals surface area contributed by atoms with Gasteiger partial charge >= 0.3 is 10.2 Å². The molecular formula is C13H19Cl2N3O2S. The summed E-state index contributed by atoms with van der Waals surface area (Å²) in [6, 6.07) is 3.17. The summed E-state index contributed by atoms with van der Waals surface area (Å²) in [4.78, 5) is 0. The van der Waals surface area contributed by atoms with E-state index in [1.807, 2.05) is 6.92 Å². The highest BCUT2D eigenvalue weighted by atomic mass is 35.5. The van der Waals surface area contributed by atoms with Gasteiger partial charge in [0.1, 0.15) is 0 Å². The predicted molar refractivity (Wildman–Crippen MR) is 87.1 cm³/mol. The summed E-state index contributed by atoms with van der Waals surface area (Å²) >= 11 is 12.1. The minimum atomic E-state index is -3.65. The molecule has 1 aliphatic heterocycles. The van der Waals surface area contributed by atoms with Crippen LogP contribution in [0.1, 0.15) is 18.4 Å². The maximum Gasteiger partial charge on any atom is 0.301 e. The molecule has 2 rings (SSSR count). The standard InChI is InChI=1S/C13H19Cl2N3O2S/c1-9-5-12(15)13(6-11(9)14)17-21(19,20)18-4-2-3-10(7-16)8-18/h5-6,10,17H,2-4,7-8,16H2,1H3. The van der Waals surface area contributed by atoms with Gasteiger partial charge in [-0.3, -0.25) is 4.72 Å². The summed E-state index contributed by atoms with van der Waals surface area (Å²) in [6.07, 6.45) is 1.77. The van der Waals surface area contributed by atoms with Gasteiger partial charge in [-0.05, 0) is 49.9 Å². The van der Waals surface area contributed by atoms with E-state index in [0.29, 0.717) is 35.4 Å². The number of nitrogens with one attached hydrogen (secondary N) is 1. The van der Waals surface area contributed by atoms with E-state index >= 15 is 0 Å². The van der Waals surface area contributed by atoms with Crippen molar-refractivity contribution in [3.05, 3.63) is 27.7 Å². The monoisotopic (exact) mass is 351 g/mol. The van der Waals surface area contributed by atoms with Crippen molar-refractivity contribution in [2.75, 3.05) is 24.4 Å². The molecule has 0 amide bonds. The quantitative estimate of drug-likeness (QED) is 0.875. The van der Waals surface area contributed by atoms with Crippen LogP contribution in [0.2, 0.25) is 10.0 Å². The molecule has 0 radical (unpaired) electrons. The van der Waals surface area contributed by atoms with Crippen LogP contribution in [-0.2, 0) is 10.2 Å². The van der Waals surface area contributed by atoms with E-state index in [1.54, 1.807) is 6.07 Å². The normalized spacial score (nSPS) is 20.5. The van der Waals surface area contributed by atoms with Gasteiger partial charge in [-0.15, -0.1) is 0 Å². The largest absolute Gasteiger partial charge is 0.330 e. The molecule has 1 saturated heterocycles. The number of rotatable bonds is 4. The van der Waals surface area contributed by atoms with Crippen molar-refractivity contribution in [1.29, 1.82) is 0 Å². The number of piperidine rings is 1. The molecule has 0 spiro atoms. The van der Waals surface area contributed by atoms with Gasteiger partial charge in [0.25, 0.3) is 0 Å². The van der Waals surface area contributed by atoms with Crippen molar-refractivity contribution in [2.45, 2.75) is 19.8 Å². The first-order chi connectivity index (χ1) is 9.83. The molecule has 0 bridgehead atoms. The van der Waals surface area contributed by atoms with Crippen molar-refractivity contribution < 1.29 is 8.42 Å². The molecule has 21 heavy (non-hydrogen) atoms. The van der Waals surface area contributed by atoms with Crippen LogP contribution in [0.3, 0.4) is 0 Å². The highest BCUT2D eigenvalue weighted by Crippen LogP contribution is 2.30. The van der Waals surface area contributed by atoms with E-state index in [2.05, 4.69) is 4.72 Å². The zero-order chi connectivity index (χ0) is 15.6. The Morgan fingerprint density at radius 3 is 2.76 bits per heavy atom. The third-order valence-electron chi connectivity index (χ3n) is 3.64. The van der Waals surface area contributed by atoms with Gasteiger partial charge in [0.2, 0.25) is 0 Å². The van der Waals surface area contributed by atoms with E-state index in [-0.39, 0.29) is 5.92 Å². The number of aryl methyl sites for hydroxylation is 1. The Morgan fingerprint density at radius 1 is 1.38 bits per heavy atom. The van der Waals surface area contributed by atoms with E-state index in [4.69, 9.17) is 28.9 Å². The topological polar surface area (TPSA) is 75.4 Å². The van der Waals surface area contributed by atoms with Crippen LogP contribution in [0.4, 0.5) is 5.69 Å². The Hall–Kier alpha value is -0.530. The molecule has 3 N–H and O–H groups in total. The van der Waals surface area contributed by atoms with Crippen LogP contribution in [0.15, 0.2) is 12.1 Å². The summed E-state index contributed by atoms with van der Waals surface area (Å²) in [5.41, 5.74) is 6.73. The van der Waals surface area contributed by atoms with Crippen molar-refractivity contribution in [3.63, 3.8) is 0 Å². The van der Waals surface area contributed by atoms with Crippen LogP contribution in [0, 0.1) is 12.8 Å². The summed E-state index contributed by atoms with van der Waals surface area (Å²) in [5.74, 6) is 0.201. The molecule has 118 valence electrons. The third kappa shape index (κ3) is 4.02. The van der Waals surface area contributed by atoms with Gasteiger partial charge in [0.15, 0.2) is 0 Å².